The van der Waals surface area contributed by atoms with E-state index in [2.05, 4.69) is 22.9 Å². The highest BCUT2D eigenvalue weighted by atomic mass is 79.9. The second-order valence-electron chi connectivity index (χ2n) is 5.40. The van der Waals surface area contributed by atoms with E-state index in [1.807, 2.05) is 12.1 Å². The van der Waals surface area contributed by atoms with Gasteiger partial charge in [-0.1, -0.05) is 42.1 Å². The Balaban J connectivity index is 2.24. The van der Waals surface area contributed by atoms with Gasteiger partial charge in [0, 0.05) is 10.0 Å². The first kappa shape index (κ1) is 20.5. The van der Waals surface area contributed by atoms with Gasteiger partial charge in [-0.15, -0.1) is 0 Å². The van der Waals surface area contributed by atoms with Crippen LogP contribution in [0.3, 0.4) is 0 Å². The number of carbonyl (C=O) groups excluding carboxylic acids is 2. The summed E-state index contributed by atoms with van der Waals surface area (Å²) >= 11 is 3.36. The molecule has 0 radical (unpaired) electrons. The van der Waals surface area contributed by atoms with Crippen LogP contribution in [0, 0.1) is 0 Å². The van der Waals surface area contributed by atoms with Crippen LogP contribution in [0.15, 0.2) is 22.7 Å². The topological polar surface area (TPSA) is 61.8 Å². The van der Waals surface area contributed by atoms with Gasteiger partial charge in [-0.3, -0.25) is 9.59 Å². The molecule has 0 fully saturated rings. The largest absolute Gasteiger partial charge is 0.496 e. The molecule has 0 heterocycles. The second-order valence-corrected chi connectivity index (χ2v) is 6.31. The highest BCUT2D eigenvalue weighted by molar-refractivity contribution is 9.10. The molecule has 0 saturated carbocycles. The number of hydrogen-bond donors (Lipinski definition) is 0. The van der Waals surface area contributed by atoms with Crippen molar-refractivity contribution in [2.45, 2.75) is 52.1 Å². The Bertz CT molecular complexity index is 530. The smallest absolute Gasteiger partial charge is 0.306 e. The van der Waals surface area contributed by atoms with Crippen LogP contribution in [-0.4, -0.2) is 25.7 Å². The fourth-order valence-corrected chi connectivity index (χ4v) is 2.49. The first-order valence-corrected chi connectivity index (χ1v) is 8.99. The van der Waals surface area contributed by atoms with Gasteiger partial charge in [0.1, 0.15) is 12.4 Å². The molecule has 0 aromatic heterocycles. The molecule has 0 bridgehead atoms. The van der Waals surface area contributed by atoms with Crippen LogP contribution in [0.4, 0.5) is 0 Å². The average Bonchev–Trinajstić information content (AvgIpc) is 2.58. The molecule has 24 heavy (non-hydrogen) atoms. The molecule has 5 nitrogen and oxygen atoms in total. The molecular weight excluding hydrogens is 376 g/mol. The van der Waals surface area contributed by atoms with Gasteiger partial charge < -0.3 is 14.2 Å². The second kappa shape index (κ2) is 11.9. The molecule has 1 aromatic rings. The van der Waals surface area contributed by atoms with Crippen molar-refractivity contribution in [3.05, 3.63) is 28.2 Å². The molecule has 1 rings (SSSR count). The van der Waals surface area contributed by atoms with Crippen LogP contribution in [0.1, 0.15) is 51.0 Å². The number of ether oxygens (including phenoxy) is 3. The number of halogens is 1. The maximum absolute atomic E-state index is 11.7. The summed E-state index contributed by atoms with van der Waals surface area (Å²) in [7, 11) is 1.56. The molecule has 0 N–H and O–H groups in total. The molecule has 0 spiro atoms. The Morgan fingerprint density at radius 1 is 1.04 bits per heavy atom. The zero-order chi connectivity index (χ0) is 17.8. The molecule has 0 aliphatic heterocycles. The lowest BCUT2D eigenvalue weighted by atomic mass is 10.2. The lowest BCUT2D eigenvalue weighted by Crippen LogP contribution is -2.11. The zero-order valence-corrected chi connectivity index (χ0v) is 15.9. The van der Waals surface area contributed by atoms with Crippen LogP contribution >= 0.6 is 15.9 Å². The van der Waals surface area contributed by atoms with E-state index in [1.165, 1.54) is 0 Å². The molecule has 0 amide bonds. The lowest BCUT2D eigenvalue weighted by molar-refractivity contribution is -0.151. The third-order valence-corrected chi connectivity index (χ3v) is 3.92. The fourth-order valence-electron chi connectivity index (χ4n) is 2.08. The molecule has 0 aliphatic carbocycles. The van der Waals surface area contributed by atoms with E-state index in [9.17, 15) is 9.59 Å². The monoisotopic (exact) mass is 400 g/mol. The average molecular weight is 401 g/mol. The highest BCUT2D eigenvalue weighted by Crippen LogP contribution is 2.23. The van der Waals surface area contributed by atoms with Crippen molar-refractivity contribution < 1.29 is 23.8 Å². The van der Waals surface area contributed by atoms with Gasteiger partial charge in [-0.25, -0.2) is 0 Å². The number of hydrogen-bond acceptors (Lipinski definition) is 5. The van der Waals surface area contributed by atoms with E-state index >= 15 is 0 Å². The Kier molecular flexibility index (Phi) is 10.2. The highest BCUT2D eigenvalue weighted by Gasteiger charge is 2.11. The van der Waals surface area contributed by atoms with E-state index in [4.69, 9.17) is 14.2 Å². The van der Waals surface area contributed by atoms with E-state index in [0.717, 1.165) is 35.7 Å². The molecule has 134 valence electrons. The van der Waals surface area contributed by atoms with E-state index < -0.39 is 5.97 Å². The third-order valence-electron chi connectivity index (χ3n) is 3.43. The van der Waals surface area contributed by atoms with Crippen molar-refractivity contribution >= 4 is 27.9 Å². The van der Waals surface area contributed by atoms with Gasteiger partial charge in [-0.05, 0) is 24.6 Å². The Labute approximate surface area is 151 Å². The summed E-state index contributed by atoms with van der Waals surface area (Å²) in [5.74, 6) is -0.138. The summed E-state index contributed by atoms with van der Waals surface area (Å²) in [5, 5.41) is 0. The van der Waals surface area contributed by atoms with Crippen molar-refractivity contribution in [2.24, 2.45) is 0 Å². The summed E-state index contributed by atoms with van der Waals surface area (Å²) in [6.07, 6.45) is 4.27. The van der Waals surface area contributed by atoms with Crippen LogP contribution in [0.2, 0.25) is 0 Å². The number of rotatable bonds is 11. The molecule has 6 heteroatoms. The van der Waals surface area contributed by atoms with Crippen molar-refractivity contribution in [3.63, 3.8) is 0 Å². The summed E-state index contributed by atoms with van der Waals surface area (Å²) in [5.41, 5.74) is 0.763. The normalized spacial score (nSPS) is 10.3. The summed E-state index contributed by atoms with van der Waals surface area (Å²) in [4.78, 5) is 23.3. The molecule has 0 atom stereocenters. The maximum Gasteiger partial charge on any atom is 0.306 e. The van der Waals surface area contributed by atoms with Crippen LogP contribution in [0.5, 0.6) is 5.75 Å². The summed E-state index contributed by atoms with van der Waals surface area (Å²) in [6, 6.07) is 5.47. The van der Waals surface area contributed by atoms with Crippen molar-refractivity contribution in [2.75, 3.05) is 13.7 Å². The van der Waals surface area contributed by atoms with Gasteiger partial charge in [0.2, 0.25) is 0 Å². The van der Waals surface area contributed by atoms with Crippen LogP contribution < -0.4 is 4.74 Å². The first-order chi connectivity index (χ1) is 11.6. The molecule has 0 saturated heterocycles. The molecule has 0 unspecified atom stereocenters. The van der Waals surface area contributed by atoms with Crippen molar-refractivity contribution in [1.29, 1.82) is 0 Å². The standard InChI is InChI=1S/C18H25BrO5/c1-3-4-5-6-11-23-17(20)9-10-18(21)24-13-14-12-15(19)7-8-16(14)22-2/h7-8,12H,3-6,9-11,13H2,1-2H3. The maximum atomic E-state index is 11.7. The SMILES string of the molecule is CCCCCCOC(=O)CCC(=O)OCc1cc(Br)ccc1OC. The van der Waals surface area contributed by atoms with Crippen LogP contribution in [-0.2, 0) is 25.7 Å². The number of unbranched alkanes of at least 4 members (excludes halogenated alkanes) is 3. The Morgan fingerprint density at radius 2 is 1.75 bits per heavy atom. The fraction of sp³-hybridized carbons (Fsp3) is 0.556. The lowest BCUT2D eigenvalue weighted by Gasteiger charge is -2.10. The Hall–Kier alpha value is -1.56. The van der Waals surface area contributed by atoms with E-state index in [0.29, 0.717) is 12.4 Å². The third kappa shape index (κ3) is 8.34. The zero-order valence-electron chi connectivity index (χ0n) is 14.3. The minimum absolute atomic E-state index is 0.0180. The van der Waals surface area contributed by atoms with E-state index in [-0.39, 0.29) is 25.4 Å². The predicted octanol–water partition coefficient (Wildman–Crippen LogP) is 4.40. The molecular formula is C18H25BrO5. The van der Waals surface area contributed by atoms with Gasteiger partial charge in [-0.2, -0.15) is 0 Å². The molecule has 1 aromatic carbocycles. The van der Waals surface area contributed by atoms with Crippen molar-refractivity contribution in [3.8, 4) is 5.75 Å². The van der Waals surface area contributed by atoms with Gasteiger partial charge in [0.15, 0.2) is 0 Å². The minimum atomic E-state index is -0.431. The number of carbonyl (C=O) groups is 2. The number of methoxy groups -OCH3 is 1. The van der Waals surface area contributed by atoms with Crippen molar-refractivity contribution in [1.82, 2.24) is 0 Å². The first-order valence-electron chi connectivity index (χ1n) is 8.20. The number of benzene rings is 1. The quantitative estimate of drug-likeness (QED) is 0.406. The molecule has 0 aliphatic rings. The van der Waals surface area contributed by atoms with Gasteiger partial charge in [0.25, 0.3) is 0 Å². The Morgan fingerprint density at radius 3 is 2.42 bits per heavy atom. The predicted molar refractivity (Wildman–Crippen MR) is 94.8 cm³/mol. The minimum Gasteiger partial charge on any atom is -0.496 e. The van der Waals surface area contributed by atoms with Crippen LogP contribution in [0.25, 0.3) is 0 Å². The summed E-state index contributed by atoms with van der Waals surface area (Å²) in [6.45, 7) is 2.65. The van der Waals surface area contributed by atoms with Gasteiger partial charge in [0.05, 0.1) is 26.6 Å². The number of esters is 2. The van der Waals surface area contributed by atoms with E-state index in [1.54, 1.807) is 13.2 Å². The summed E-state index contributed by atoms with van der Waals surface area (Å²) < 4.78 is 16.4. The van der Waals surface area contributed by atoms with Gasteiger partial charge >= 0.3 is 11.9 Å².